The van der Waals surface area contributed by atoms with Crippen molar-refractivity contribution < 1.29 is 0 Å². The summed E-state index contributed by atoms with van der Waals surface area (Å²) in [5.74, 6) is 0. The Labute approximate surface area is 98.3 Å². The third-order valence-electron chi connectivity index (χ3n) is 4.90. The van der Waals surface area contributed by atoms with E-state index in [0.717, 1.165) is 0 Å². The summed E-state index contributed by atoms with van der Waals surface area (Å²) in [6.07, 6.45) is 5.27. The zero-order chi connectivity index (χ0) is 11.2. The predicted octanol–water partition coefficient (Wildman–Crippen LogP) is 3.03. The molecule has 2 aliphatic rings. The predicted molar refractivity (Wildman–Crippen MR) is 67.8 cm³/mol. The fourth-order valence-electron chi connectivity index (χ4n) is 3.90. The van der Waals surface area contributed by atoms with E-state index in [-0.39, 0.29) is 5.54 Å². The number of hydrogen-bond donors (Lipinski definition) is 1. The molecule has 1 aromatic rings. The zero-order valence-electron chi connectivity index (χ0n) is 10.3. The van der Waals surface area contributed by atoms with E-state index in [1.807, 2.05) is 0 Å². The van der Waals surface area contributed by atoms with Gasteiger partial charge in [0.05, 0.1) is 0 Å². The second-order valence-electron chi connectivity index (χ2n) is 5.89. The summed E-state index contributed by atoms with van der Waals surface area (Å²) in [7, 11) is 0. The summed E-state index contributed by atoms with van der Waals surface area (Å²) in [5.41, 5.74) is 3.85. The molecular formula is C15H21N. The maximum Gasteiger partial charge on any atom is 0.0222 e. The summed E-state index contributed by atoms with van der Waals surface area (Å²) in [5, 5.41) is 3.70. The molecule has 1 aliphatic carbocycles. The molecule has 1 fully saturated rings. The van der Waals surface area contributed by atoms with Crippen LogP contribution in [0.2, 0.25) is 0 Å². The first-order valence-corrected chi connectivity index (χ1v) is 6.49. The number of nitrogens with one attached hydrogen (secondary N) is 1. The second-order valence-corrected chi connectivity index (χ2v) is 5.89. The van der Waals surface area contributed by atoms with Gasteiger partial charge in [0.25, 0.3) is 0 Å². The molecule has 1 heteroatoms. The van der Waals surface area contributed by atoms with Crippen molar-refractivity contribution in [2.24, 2.45) is 0 Å². The van der Waals surface area contributed by atoms with Gasteiger partial charge >= 0.3 is 0 Å². The Hall–Kier alpha value is -0.820. The summed E-state index contributed by atoms with van der Waals surface area (Å²) < 4.78 is 0. The topological polar surface area (TPSA) is 12.0 Å². The van der Waals surface area contributed by atoms with Crippen LogP contribution in [0.3, 0.4) is 0 Å². The van der Waals surface area contributed by atoms with E-state index in [1.165, 1.54) is 32.2 Å². The number of hydrogen-bond acceptors (Lipinski definition) is 1. The van der Waals surface area contributed by atoms with E-state index < -0.39 is 0 Å². The van der Waals surface area contributed by atoms with Crippen molar-refractivity contribution in [3.05, 3.63) is 35.4 Å². The third kappa shape index (κ3) is 1.21. The minimum Gasteiger partial charge on any atom is -0.311 e. The first-order chi connectivity index (χ1) is 7.66. The van der Waals surface area contributed by atoms with Gasteiger partial charge in [-0.25, -0.2) is 0 Å². The lowest BCUT2D eigenvalue weighted by atomic mass is 9.61. The van der Waals surface area contributed by atoms with Gasteiger partial charge in [0.15, 0.2) is 0 Å². The van der Waals surface area contributed by atoms with Crippen LogP contribution < -0.4 is 5.32 Å². The van der Waals surface area contributed by atoms with E-state index in [4.69, 9.17) is 0 Å². The molecule has 1 spiro atoms. The summed E-state index contributed by atoms with van der Waals surface area (Å²) >= 11 is 0. The lowest BCUT2D eigenvalue weighted by Crippen LogP contribution is -2.51. The van der Waals surface area contributed by atoms with Crippen LogP contribution >= 0.6 is 0 Å². The molecule has 0 amide bonds. The van der Waals surface area contributed by atoms with Crippen LogP contribution in [0.1, 0.15) is 44.2 Å². The van der Waals surface area contributed by atoms with Gasteiger partial charge in [0, 0.05) is 11.0 Å². The van der Waals surface area contributed by atoms with Crippen LogP contribution in [0, 0.1) is 0 Å². The zero-order valence-corrected chi connectivity index (χ0v) is 10.3. The fourth-order valence-corrected chi connectivity index (χ4v) is 3.90. The molecule has 3 rings (SSSR count). The normalized spacial score (nSPS) is 31.6. The van der Waals surface area contributed by atoms with Crippen LogP contribution in [-0.4, -0.2) is 12.1 Å². The van der Waals surface area contributed by atoms with Crippen LogP contribution in [0.25, 0.3) is 0 Å². The smallest absolute Gasteiger partial charge is 0.0222 e. The molecule has 86 valence electrons. The van der Waals surface area contributed by atoms with E-state index in [2.05, 4.69) is 43.4 Å². The minimum atomic E-state index is 0.253. The molecular weight excluding hydrogens is 194 g/mol. The van der Waals surface area contributed by atoms with Crippen LogP contribution in [-0.2, 0) is 11.8 Å². The van der Waals surface area contributed by atoms with Crippen molar-refractivity contribution in [2.45, 2.75) is 50.5 Å². The molecule has 1 N–H and O–H groups in total. The number of aryl methyl sites for hydroxylation is 1. The maximum atomic E-state index is 3.70. The Morgan fingerprint density at radius 2 is 1.94 bits per heavy atom. The van der Waals surface area contributed by atoms with Gasteiger partial charge in [-0.05, 0) is 57.2 Å². The Kier molecular flexibility index (Phi) is 2.16. The Morgan fingerprint density at radius 1 is 1.12 bits per heavy atom. The van der Waals surface area contributed by atoms with Gasteiger partial charge < -0.3 is 5.32 Å². The highest BCUT2D eigenvalue weighted by Gasteiger charge is 2.51. The molecule has 1 aliphatic heterocycles. The summed E-state index contributed by atoms with van der Waals surface area (Å²) in [6, 6.07) is 9.08. The highest BCUT2D eigenvalue weighted by atomic mass is 15.0. The number of benzene rings is 1. The summed E-state index contributed by atoms with van der Waals surface area (Å²) in [4.78, 5) is 0. The first-order valence-electron chi connectivity index (χ1n) is 6.49. The molecule has 1 atom stereocenters. The molecule has 0 radical (unpaired) electrons. The largest absolute Gasteiger partial charge is 0.311 e. The van der Waals surface area contributed by atoms with Gasteiger partial charge in [0.1, 0.15) is 0 Å². The molecule has 0 aromatic heterocycles. The molecule has 1 nitrogen and oxygen atoms in total. The number of fused-ring (bicyclic) bond motifs is 2. The highest BCUT2D eigenvalue weighted by molar-refractivity contribution is 5.41. The van der Waals surface area contributed by atoms with Crippen molar-refractivity contribution in [3.8, 4) is 0 Å². The molecule has 1 saturated heterocycles. The van der Waals surface area contributed by atoms with E-state index >= 15 is 0 Å². The van der Waals surface area contributed by atoms with Gasteiger partial charge in [-0.15, -0.1) is 0 Å². The SMILES string of the molecule is CC1(C)NCCC12CCCc1ccccc12. The molecule has 0 saturated carbocycles. The Morgan fingerprint density at radius 3 is 2.69 bits per heavy atom. The average molecular weight is 215 g/mol. The average Bonchev–Trinajstić information content (AvgIpc) is 2.56. The van der Waals surface area contributed by atoms with E-state index in [1.54, 1.807) is 11.1 Å². The monoisotopic (exact) mass is 215 g/mol. The van der Waals surface area contributed by atoms with Gasteiger partial charge in [-0.1, -0.05) is 24.3 Å². The van der Waals surface area contributed by atoms with Crippen molar-refractivity contribution in [2.75, 3.05) is 6.54 Å². The molecule has 1 heterocycles. The minimum absolute atomic E-state index is 0.253. The number of rotatable bonds is 0. The summed E-state index contributed by atoms with van der Waals surface area (Å²) in [6.45, 7) is 5.92. The van der Waals surface area contributed by atoms with Crippen LogP contribution in [0.15, 0.2) is 24.3 Å². The van der Waals surface area contributed by atoms with E-state index in [9.17, 15) is 0 Å². The molecule has 1 unspecified atom stereocenters. The lowest BCUT2D eigenvalue weighted by molar-refractivity contribution is 0.237. The molecule has 1 aromatic carbocycles. The van der Waals surface area contributed by atoms with Crippen molar-refractivity contribution in [1.29, 1.82) is 0 Å². The van der Waals surface area contributed by atoms with Crippen molar-refractivity contribution in [1.82, 2.24) is 5.32 Å². The highest BCUT2D eigenvalue weighted by Crippen LogP contribution is 2.49. The first kappa shape index (κ1) is 10.3. The lowest BCUT2D eigenvalue weighted by Gasteiger charge is -2.45. The van der Waals surface area contributed by atoms with E-state index in [0.29, 0.717) is 5.41 Å². The van der Waals surface area contributed by atoms with Gasteiger partial charge in [-0.3, -0.25) is 0 Å². The standard InChI is InChI=1S/C15H21N/c1-14(2)15(10-11-16-14)9-5-7-12-6-3-4-8-13(12)15/h3-4,6,8,16H,5,7,9-11H2,1-2H3. The van der Waals surface area contributed by atoms with Crippen molar-refractivity contribution >= 4 is 0 Å². The Bertz CT molecular complexity index is 408. The van der Waals surface area contributed by atoms with Gasteiger partial charge in [-0.2, -0.15) is 0 Å². The second kappa shape index (κ2) is 3.33. The third-order valence-corrected chi connectivity index (χ3v) is 4.90. The van der Waals surface area contributed by atoms with Crippen LogP contribution in [0.5, 0.6) is 0 Å². The van der Waals surface area contributed by atoms with Crippen LogP contribution in [0.4, 0.5) is 0 Å². The maximum absolute atomic E-state index is 3.70. The fraction of sp³-hybridized carbons (Fsp3) is 0.600. The van der Waals surface area contributed by atoms with Crippen molar-refractivity contribution in [3.63, 3.8) is 0 Å². The Balaban J connectivity index is 2.17. The quantitative estimate of drug-likeness (QED) is 0.701. The van der Waals surface area contributed by atoms with Gasteiger partial charge in [0.2, 0.25) is 0 Å². The molecule has 0 bridgehead atoms. The molecule has 16 heavy (non-hydrogen) atoms.